The first-order valence-electron chi connectivity index (χ1n) is 5.15. The molecule has 6 heteroatoms. The Morgan fingerprint density at radius 2 is 2.22 bits per heavy atom. The number of carboxylic acid groups (broad SMARTS) is 1. The number of carboxylic acids is 1. The zero-order chi connectivity index (χ0) is 13.0. The van der Waals surface area contributed by atoms with Crippen LogP contribution in [0, 0.1) is 0 Å². The standard InChI is InChI=1S/C12H11N3O3/c1-18-11-7-13-6-10(15-11)14-9-4-2-3-8(5-9)12(16)17/h2-7H,1H3,(H,14,15)(H,16,17). The van der Waals surface area contributed by atoms with Gasteiger partial charge in [0.2, 0.25) is 5.88 Å². The monoisotopic (exact) mass is 245 g/mol. The summed E-state index contributed by atoms with van der Waals surface area (Å²) in [6.07, 6.45) is 3.01. The number of aromatic nitrogens is 2. The van der Waals surface area contributed by atoms with Crippen molar-refractivity contribution in [3.05, 3.63) is 42.2 Å². The average Bonchev–Trinajstić information content (AvgIpc) is 2.39. The highest BCUT2D eigenvalue weighted by molar-refractivity contribution is 5.89. The Morgan fingerprint density at radius 1 is 1.39 bits per heavy atom. The van der Waals surface area contributed by atoms with Gasteiger partial charge < -0.3 is 15.2 Å². The predicted octanol–water partition coefficient (Wildman–Crippen LogP) is 1.93. The maximum absolute atomic E-state index is 10.8. The normalized spacial score (nSPS) is 9.83. The molecule has 2 N–H and O–H groups in total. The molecule has 0 fully saturated rings. The van der Waals surface area contributed by atoms with Crippen LogP contribution in [0.25, 0.3) is 0 Å². The molecule has 0 bridgehead atoms. The summed E-state index contributed by atoms with van der Waals surface area (Å²) >= 11 is 0. The van der Waals surface area contributed by atoms with Crippen molar-refractivity contribution in [3.8, 4) is 5.88 Å². The number of aromatic carboxylic acids is 1. The predicted molar refractivity (Wildman–Crippen MR) is 65.3 cm³/mol. The van der Waals surface area contributed by atoms with E-state index in [1.165, 1.54) is 31.6 Å². The number of nitrogens with one attached hydrogen (secondary N) is 1. The summed E-state index contributed by atoms with van der Waals surface area (Å²) in [7, 11) is 1.50. The molecule has 0 atom stereocenters. The number of methoxy groups -OCH3 is 1. The van der Waals surface area contributed by atoms with Crippen molar-refractivity contribution in [2.75, 3.05) is 12.4 Å². The highest BCUT2D eigenvalue weighted by Crippen LogP contribution is 2.17. The highest BCUT2D eigenvalue weighted by Gasteiger charge is 2.04. The lowest BCUT2D eigenvalue weighted by Gasteiger charge is -2.06. The molecule has 0 aliphatic heterocycles. The molecule has 92 valence electrons. The summed E-state index contributed by atoms with van der Waals surface area (Å²) in [6.45, 7) is 0. The van der Waals surface area contributed by atoms with Crippen LogP contribution >= 0.6 is 0 Å². The topological polar surface area (TPSA) is 84.3 Å². The Bertz CT molecular complexity index is 572. The second-order valence-electron chi connectivity index (χ2n) is 3.46. The van der Waals surface area contributed by atoms with Crippen molar-refractivity contribution in [2.24, 2.45) is 0 Å². The van der Waals surface area contributed by atoms with Crippen LogP contribution in [0.15, 0.2) is 36.7 Å². The first-order chi connectivity index (χ1) is 8.69. The molecule has 0 amide bonds. The van der Waals surface area contributed by atoms with E-state index in [1.54, 1.807) is 12.1 Å². The number of carbonyl (C=O) groups is 1. The molecule has 1 aromatic carbocycles. The third-order valence-electron chi connectivity index (χ3n) is 2.20. The van der Waals surface area contributed by atoms with E-state index in [1.807, 2.05) is 0 Å². The fourth-order valence-electron chi connectivity index (χ4n) is 1.38. The van der Waals surface area contributed by atoms with E-state index in [9.17, 15) is 4.79 Å². The first kappa shape index (κ1) is 11.8. The lowest BCUT2D eigenvalue weighted by Crippen LogP contribution is -2.00. The molecule has 0 aliphatic rings. The Kier molecular flexibility index (Phi) is 3.38. The van der Waals surface area contributed by atoms with Gasteiger partial charge in [-0.1, -0.05) is 6.07 Å². The number of anilines is 2. The number of rotatable bonds is 4. The number of nitrogens with zero attached hydrogens (tertiary/aromatic N) is 2. The van der Waals surface area contributed by atoms with Crippen molar-refractivity contribution in [1.82, 2.24) is 9.97 Å². The lowest BCUT2D eigenvalue weighted by molar-refractivity contribution is 0.0697. The van der Waals surface area contributed by atoms with Crippen LogP contribution in [0.5, 0.6) is 5.88 Å². The Hall–Kier alpha value is -2.63. The van der Waals surface area contributed by atoms with Crippen LogP contribution in [0.2, 0.25) is 0 Å². The molecular weight excluding hydrogens is 234 g/mol. The minimum absolute atomic E-state index is 0.204. The maximum Gasteiger partial charge on any atom is 0.335 e. The molecule has 1 aromatic heterocycles. The Labute approximate surface area is 103 Å². The van der Waals surface area contributed by atoms with Gasteiger partial charge in [0, 0.05) is 5.69 Å². The largest absolute Gasteiger partial charge is 0.480 e. The van der Waals surface area contributed by atoms with Gasteiger partial charge in [0.25, 0.3) is 0 Å². The summed E-state index contributed by atoms with van der Waals surface area (Å²) in [5.74, 6) is -0.110. The third-order valence-corrected chi connectivity index (χ3v) is 2.20. The van der Waals surface area contributed by atoms with E-state index < -0.39 is 5.97 Å². The highest BCUT2D eigenvalue weighted by atomic mass is 16.5. The number of hydrogen-bond donors (Lipinski definition) is 2. The smallest absolute Gasteiger partial charge is 0.335 e. The van der Waals surface area contributed by atoms with Gasteiger partial charge in [-0.25, -0.2) is 4.79 Å². The van der Waals surface area contributed by atoms with Crippen LogP contribution in [0.4, 0.5) is 11.5 Å². The van der Waals surface area contributed by atoms with E-state index in [4.69, 9.17) is 9.84 Å². The summed E-state index contributed by atoms with van der Waals surface area (Å²) < 4.78 is 4.95. The van der Waals surface area contributed by atoms with Gasteiger partial charge in [-0.2, -0.15) is 4.98 Å². The molecule has 0 saturated heterocycles. The zero-order valence-corrected chi connectivity index (χ0v) is 9.62. The second-order valence-corrected chi connectivity index (χ2v) is 3.46. The molecule has 0 unspecified atom stereocenters. The summed E-state index contributed by atoms with van der Waals surface area (Å²) in [4.78, 5) is 18.9. The molecule has 6 nitrogen and oxygen atoms in total. The summed E-state index contributed by atoms with van der Waals surface area (Å²) in [6, 6.07) is 6.43. The van der Waals surface area contributed by atoms with Crippen LogP contribution in [-0.2, 0) is 0 Å². The summed E-state index contributed by atoms with van der Waals surface area (Å²) in [5, 5.41) is 11.8. The van der Waals surface area contributed by atoms with E-state index >= 15 is 0 Å². The van der Waals surface area contributed by atoms with E-state index in [0.29, 0.717) is 17.4 Å². The molecule has 18 heavy (non-hydrogen) atoms. The van der Waals surface area contributed by atoms with Crippen molar-refractivity contribution in [3.63, 3.8) is 0 Å². The molecule has 0 saturated carbocycles. The minimum Gasteiger partial charge on any atom is -0.480 e. The minimum atomic E-state index is -0.977. The van der Waals surface area contributed by atoms with Gasteiger partial charge in [0.15, 0.2) is 5.82 Å². The van der Waals surface area contributed by atoms with Gasteiger partial charge in [0.1, 0.15) is 0 Å². The van der Waals surface area contributed by atoms with E-state index in [-0.39, 0.29) is 5.56 Å². The van der Waals surface area contributed by atoms with Crippen LogP contribution < -0.4 is 10.1 Å². The third kappa shape index (κ3) is 2.73. The van der Waals surface area contributed by atoms with Gasteiger partial charge in [-0.05, 0) is 18.2 Å². The fraction of sp³-hybridized carbons (Fsp3) is 0.0833. The molecule has 1 heterocycles. The van der Waals surface area contributed by atoms with Crippen LogP contribution in [-0.4, -0.2) is 28.2 Å². The SMILES string of the molecule is COc1cncc(Nc2cccc(C(=O)O)c2)n1. The van der Waals surface area contributed by atoms with Crippen LogP contribution in [0.3, 0.4) is 0 Å². The first-order valence-corrected chi connectivity index (χ1v) is 5.15. The van der Waals surface area contributed by atoms with Crippen molar-refractivity contribution in [2.45, 2.75) is 0 Å². The van der Waals surface area contributed by atoms with Gasteiger partial charge >= 0.3 is 5.97 Å². The van der Waals surface area contributed by atoms with E-state index in [0.717, 1.165) is 0 Å². The second kappa shape index (κ2) is 5.13. The zero-order valence-electron chi connectivity index (χ0n) is 9.62. The summed E-state index contributed by atoms with van der Waals surface area (Å²) in [5.41, 5.74) is 0.827. The van der Waals surface area contributed by atoms with Crippen molar-refractivity contribution < 1.29 is 14.6 Å². The molecule has 2 rings (SSSR count). The lowest BCUT2D eigenvalue weighted by atomic mass is 10.2. The maximum atomic E-state index is 10.8. The number of hydrogen-bond acceptors (Lipinski definition) is 5. The van der Waals surface area contributed by atoms with Gasteiger partial charge in [-0.15, -0.1) is 0 Å². The molecule has 0 radical (unpaired) electrons. The molecule has 0 spiro atoms. The van der Waals surface area contributed by atoms with Crippen LogP contribution in [0.1, 0.15) is 10.4 Å². The van der Waals surface area contributed by atoms with E-state index in [2.05, 4.69) is 15.3 Å². The van der Waals surface area contributed by atoms with Crippen molar-refractivity contribution in [1.29, 1.82) is 0 Å². The van der Waals surface area contributed by atoms with Gasteiger partial charge in [-0.3, -0.25) is 4.98 Å². The van der Waals surface area contributed by atoms with Gasteiger partial charge in [0.05, 0.1) is 25.1 Å². The number of ether oxygens (including phenoxy) is 1. The fourth-order valence-corrected chi connectivity index (χ4v) is 1.38. The Morgan fingerprint density at radius 3 is 2.94 bits per heavy atom. The van der Waals surface area contributed by atoms with Crippen molar-refractivity contribution >= 4 is 17.5 Å². The number of benzene rings is 1. The quantitative estimate of drug-likeness (QED) is 0.856. The molecule has 2 aromatic rings. The Balaban J connectivity index is 2.22. The average molecular weight is 245 g/mol. The molecular formula is C12H11N3O3. The molecule has 0 aliphatic carbocycles.